The number of benzene rings is 1. The number of carboxylic acids is 1. The molecular weight excluding hydrogens is 218 g/mol. The average molecular weight is 235 g/mol. The molecule has 1 fully saturated rings. The summed E-state index contributed by atoms with van der Waals surface area (Å²) in [5, 5.41) is 8.87. The van der Waals surface area contributed by atoms with E-state index in [-0.39, 0.29) is 12.5 Å². The first-order chi connectivity index (χ1) is 8.20. The number of anilines is 1. The van der Waals surface area contributed by atoms with Crippen molar-refractivity contribution in [1.82, 2.24) is 0 Å². The second-order valence-electron chi connectivity index (χ2n) is 4.29. The number of rotatable bonds is 4. The molecule has 0 spiro atoms. The molecule has 4 heteroatoms. The second kappa shape index (κ2) is 5.08. The number of methoxy groups -OCH3 is 1. The van der Waals surface area contributed by atoms with Gasteiger partial charge in [-0.05, 0) is 37.1 Å². The monoisotopic (exact) mass is 235 g/mol. The van der Waals surface area contributed by atoms with Gasteiger partial charge in [0.2, 0.25) is 0 Å². The fraction of sp³-hybridized carbons (Fsp3) is 0.462. The van der Waals surface area contributed by atoms with Crippen LogP contribution in [0.4, 0.5) is 5.69 Å². The quantitative estimate of drug-likeness (QED) is 0.868. The Morgan fingerprint density at radius 3 is 2.76 bits per heavy atom. The Labute approximate surface area is 101 Å². The fourth-order valence-corrected chi connectivity index (χ4v) is 2.36. The minimum Gasteiger partial charge on any atom is -0.497 e. The van der Waals surface area contributed by atoms with Crippen molar-refractivity contribution in [3.8, 4) is 5.75 Å². The molecule has 4 nitrogen and oxygen atoms in total. The Morgan fingerprint density at radius 2 is 2.18 bits per heavy atom. The first kappa shape index (κ1) is 11.8. The number of nitrogens with zero attached hydrogens (tertiary/aromatic N) is 1. The third-order valence-electron chi connectivity index (χ3n) is 3.19. The van der Waals surface area contributed by atoms with Crippen molar-refractivity contribution in [2.24, 2.45) is 0 Å². The summed E-state index contributed by atoms with van der Waals surface area (Å²) < 4.78 is 5.11. The Morgan fingerprint density at radius 1 is 1.47 bits per heavy atom. The summed E-state index contributed by atoms with van der Waals surface area (Å²) in [5.74, 6) is 0.0955. The number of hydrogen-bond donors (Lipinski definition) is 1. The summed E-state index contributed by atoms with van der Waals surface area (Å²) in [4.78, 5) is 13.0. The predicted molar refractivity (Wildman–Crippen MR) is 65.6 cm³/mol. The van der Waals surface area contributed by atoms with Gasteiger partial charge in [-0.25, -0.2) is 0 Å². The number of hydrogen-bond acceptors (Lipinski definition) is 3. The highest BCUT2D eigenvalue weighted by Gasteiger charge is 2.26. The Hall–Kier alpha value is -1.71. The number of carbonyl (C=O) groups is 1. The van der Waals surface area contributed by atoms with Crippen LogP contribution in [-0.4, -0.2) is 30.8 Å². The maximum absolute atomic E-state index is 10.8. The van der Waals surface area contributed by atoms with Crippen LogP contribution in [0.5, 0.6) is 5.75 Å². The van der Waals surface area contributed by atoms with Crippen LogP contribution in [0.15, 0.2) is 24.3 Å². The lowest BCUT2D eigenvalue weighted by atomic mass is 10.1. The molecule has 0 aromatic heterocycles. The summed E-state index contributed by atoms with van der Waals surface area (Å²) in [7, 11) is 1.64. The highest BCUT2D eigenvalue weighted by atomic mass is 16.5. The van der Waals surface area contributed by atoms with Gasteiger partial charge in [-0.15, -0.1) is 0 Å². The van der Waals surface area contributed by atoms with Crippen molar-refractivity contribution in [2.45, 2.75) is 25.3 Å². The molecule has 0 saturated carbocycles. The smallest absolute Gasteiger partial charge is 0.305 e. The first-order valence-electron chi connectivity index (χ1n) is 5.83. The molecule has 0 bridgehead atoms. The van der Waals surface area contributed by atoms with Crippen LogP contribution in [0, 0.1) is 0 Å². The molecule has 17 heavy (non-hydrogen) atoms. The molecule has 1 aromatic carbocycles. The van der Waals surface area contributed by atoms with Crippen LogP contribution in [0.3, 0.4) is 0 Å². The third-order valence-corrected chi connectivity index (χ3v) is 3.19. The normalized spacial score (nSPS) is 19.4. The lowest BCUT2D eigenvalue weighted by molar-refractivity contribution is -0.137. The van der Waals surface area contributed by atoms with Gasteiger partial charge in [0.1, 0.15) is 5.75 Å². The van der Waals surface area contributed by atoms with Crippen LogP contribution in [0.1, 0.15) is 19.3 Å². The molecular formula is C13H17NO3. The summed E-state index contributed by atoms with van der Waals surface area (Å²) in [6.45, 7) is 0.935. The second-order valence-corrected chi connectivity index (χ2v) is 4.29. The van der Waals surface area contributed by atoms with Crippen molar-refractivity contribution in [1.29, 1.82) is 0 Å². The van der Waals surface area contributed by atoms with Gasteiger partial charge in [-0.3, -0.25) is 4.79 Å². The Kier molecular flexibility index (Phi) is 3.52. The zero-order valence-electron chi connectivity index (χ0n) is 9.93. The van der Waals surface area contributed by atoms with Gasteiger partial charge in [0.15, 0.2) is 0 Å². The predicted octanol–water partition coefficient (Wildman–Crippen LogP) is 2.14. The zero-order valence-corrected chi connectivity index (χ0v) is 9.93. The minimum atomic E-state index is -0.726. The number of carboxylic acid groups (broad SMARTS) is 1. The molecule has 1 aromatic rings. The van der Waals surface area contributed by atoms with Gasteiger partial charge in [0.05, 0.1) is 13.5 Å². The van der Waals surface area contributed by atoms with E-state index in [1.54, 1.807) is 7.11 Å². The lowest BCUT2D eigenvalue weighted by Gasteiger charge is -2.25. The molecule has 1 atom stereocenters. The number of aliphatic carboxylic acids is 1. The van der Waals surface area contributed by atoms with Crippen LogP contribution in [0.2, 0.25) is 0 Å². The number of ether oxygens (including phenoxy) is 1. The molecule has 1 aliphatic rings. The van der Waals surface area contributed by atoms with Crippen LogP contribution >= 0.6 is 0 Å². The highest BCUT2D eigenvalue weighted by Crippen LogP contribution is 2.28. The van der Waals surface area contributed by atoms with Crippen LogP contribution in [0.25, 0.3) is 0 Å². The summed E-state index contributed by atoms with van der Waals surface area (Å²) in [6, 6.07) is 7.91. The summed E-state index contributed by atoms with van der Waals surface area (Å²) in [6.07, 6.45) is 2.23. The standard InChI is InChI=1S/C13H17NO3/c1-17-12-6-4-10(5-7-12)14-8-2-3-11(14)9-13(15)16/h4-7,11H,2-3,8-9H2,1H3,(H,15,16). The van der Waals surface area contributed by atoms with E-state index in [4.69, 9.17) is 9.84 Å². The molecule has 1 heterocycles. The van der Waals surface area contributed by atoms with E-state index in [9.17, 15) is 4.79 Å². The fourth-order valence-electron chi connectivity index (χ4n) is 2.36. The maximum atomic E-state index is 10.8. The summed E-state index contributed by atoms with van der Waals surface area (Å²) >= 11 is 0. The molecule has 0 amide bonds. The van der Waals surface area contributed by atoms with Gasteiger partial charge in [-0.2, -0.15) is 0 Å². The van der Waals surface area contributed by atoms with Crippen LogP contribution in [-0.2, 0) is 4.79 Å². The average Bonchev–Trinajstić information content (AvgIpc) is 2.76. The molecule has 2 rings (SSSR count). The van der Waals surface area contributed by atoms with Crippen molar-refractivity contribution in [2.75, 3.05) is 18.6 Å². The van der Waals surface area contributed by atoms with E-state index in [1.165, 1.54) is 0 Å². The minimum absolute atomic E-state index is 0.126. The molecule has 0 radical (unpaired) electrons. The first-order valence-corrected chi connectivity index (χ1v) is 5.83. The van der Waals surface area contributed by atoms with Crippen molar-refractivity contribution in [3.63, 3.8) is 0 Å². The lowest BCUT2D eigenvalue weighted by Crippen LogP contribution is -2.31. The largest absolute Gasteiger partial charge is 0.497 e. The molecule has 1 aliphatic heterocycles. The van der Waals surface area contributed by atoms with E-state index in [2.05, 4.69) is 4.90 Å². The van der Waals surface area contributed by atoms with Gasteiger partial charge in [-0.1, -0.05) is 0 Å². The van der Waals surface area contributed by atoms with E-state index in [0.717, 1.165) is 30.8 Å². The molecule has 1 saturated heterocycles. The SMILES string of the molecule is COc1ccc(N2CCCC2CC(=O)O)cc1. The van der Waals surface area contributed by atoms with Gasteiger partial charge >= 0.3 is 5.97 Å². The summed E-state index contributed by atoms with van der Waals surface area (Å²) in [5.41, 5.74) is 1.08. The molecule has 1 unspecified atom stereocenters. The van der Waals surface area contributed by atoms with Crippen molar-refractivity contribution >= 4 is 11.7 Å². The van der Waals surface area contributed by atoms with E-state index in [1.807, 2.05) is 24.3 Å². The highest BCUT2D eigenvalue weighted by molar-refractivity contribution is 5.69. The topological polar surface area (TPSA) is 49.8 Å². The van der Waals surface area contributed by atoms with Gasteiger partial charge < -0.3 is 14.7 Å². The van der Waals surface area contributed by atoms with E-state index >= 15 is 0 Å². The molecule has 1 N–H and O–H groups in total. The van der Waals surface area contributed by atoms with Crippen molar-refractivity contribution < 1.29 is 14.6 Å². The van der Waals surface area contributed by atoms with Crippen molar-refractivity contribution in [3.05, 3.63) is 24.3 Å². The zero-order chi connectivity index (χ0) is 12.3. The third kappa shape index (κ3) is 2.70. The van der Waals surface area contributed by atoms with E-state index in [0.29, 0.717) is 0 Å². The van der Waals surface area contributed by atoms with E-state index < -0.39 is 5.97 Å². The Bertz CT molecular complexity index is 388. The Balaban J connectivity index is 2.11. The van der Waals surface area contributed by atoms with Gasteiger partial charge in [0.25, 0.3) is 0 Å². The molecule has 92 valence electrons. The van der Waals surface area contributed by atoms with Crippen LogP contribution < -0.4 is 9.64 Å². The van der Waals surface area contributed by atoms with Gasteiger partial charge in [0, 0.05) is 18.3 Å². The molecule has 0 aliphatic carbocycles. The maximum Gasteiger partial charge on any atom is 0.305 e.